The second-order valence-electron chi connectivity index (χ2n) is 9.62. The van der Waals surface area contributed by atoms with Crippen LogP contribution in [0.2, 0.25) is 0 Å². The summed E-state index contributed by atoms with van der Waals surface area (Å²) in [5.74, 6) is 0. The molecule has 31 heavy (non-hydrogen) atoms. The van der Waals surface area contributed by atoms with Crippen molar-refractivity contribution >= 4 is 7.60 Å². The minimum atomic E-state index is -3.35. The van der Waals surface area contributed by atoms with E-state index in [0.29, 0.717) is 12.8 Å². The van der Waals surface area contributed by atoms with E-state index in [0.717, 1.165) is 25.7 Å². The van der Waals surface area contributed by atoms with E-state index in [1.54, 1.807) is 0 Å². The molecule has 0 bridgehead atoms. The van der Waals surface area contributed by atoms with Crippen molar-refractivity contribution in [1.29, 1.82) is 0 Å². The van der Waals surface area contributed by atoms with Crippen molar-refractivity contribution in [2.24, 2.45) is 0 Å². The summed E-state index contributed by atoms with van der Waals surface area (Å²) in [5, 5.41) is 0. The van der Waals surface area contributed by atoms with Crippen LogP contribution in [0, 0.1) is 0 Å². The van der Waals surface area contributed by atoms with Gasteiger partial charge in [-0.3, -0.25) is 4.57 Å². The van der Waals surface area contributed by atoms with Crippen LogP contribution in [-0.2, 0) is 9.09 Å². The quantitative estimate of drug-likeness (QED) is 0.103. The zero-order chi connectivity index (χ0) is 22.9. The Labute approximate surface area is 196 Å². The lowest BCUT2D eigenvalue weighted by molar-refractivity contribution is 0.252. The maximum absolute atomic E-state index is 12.1. The Morgan fingerprint density at radius 1 is 0.484 bits per heavy atom. The van der Waals surface area contributed by atoms with E-state index in [4.69, 9.17) is 4.52 Å². The zero-order valence-corrected chi connectivity index (χ0v) is 22.3. The fraction of sp³-hybridized carbons (Fsp3) is 1.00. The first-order valence-electron chi connectivity index (χ1n) is 14.1. The summed E-state index contributed by atoms with van der Waals surface area (Å²) in [4.78, 5) is 9.94. The Hall–Kier alpha value is 0.150. The monoisotopic (exact) mass is 460 g/mol. The molecule has 3 nitrogen and oxygen atoms in total. The fourth-order valence-electron chi connectivity index (χ4n) is 4.19. The summed E-state index contributed by atoms with van der Waals surface area (Å²) in [6, 6.07) is 0. The highest BCUT2D eigenvalue weighted by molar-refractivity contribution is 7.52. The van der Waals surface area contributed by atoms with Gasteiger partial charge in [-0.05, 0) is 12.8 Å². The molecular formula is C27H57O3P. The molecule has 4 heteroatoms. The maximum Gasteiger partial charge on any atom is 0.328 e. The van der Waals surface area contributed by atoms with Gasteiger partial charge in [0.05, 0.1) is 6.61 Å². The molecule has 0 aromatic carbocycles. The van der Waals surface area contributed by atoms with E-state index in [1.165, 1.54) is 122 Å². The van der Waals surface area contributed by atoms with Gasteiger partial charge in [0.15, 0.2) is 0 Å². The molecule has 0 aromatic rings. The van der Waals surface area contributed by atoms with E-state index >= 15 is 0 Å². The van der Waals surface area contributed by atoms with E-state index in [9.17, 15) is 9.46 Å². The van der Waals surface area contributed by atoms with Crippen LogP contribution in [0.3, 0.4) is 0 Å². The Bertz CT molecular complexity index is 387. The van der Waals surface area contributed by atoms with E-state index in [2.05, 4.69) is 13.8 Å². The predicted octanol–water partition coefficient (Wildman–Crippen LogP) is 10.2. The molecule has 0 aromatic heterocycles. The van der Waals surface area contributed by atoms with Crippen LogP contribution in [0.1, 0.15) is 162 Å². The molecule has 0 rings (SSSR count). The average molecular weight is 461 g/mol. The highest BCUT2D eigenvalue weighted by Crippen LogP contribution is 2.43. The van der Waals surface area contributed by atoms with Crippen molar-refractivity contribution in [3.63, 3.8) is 0 Å². The molecule has 0 saturated heterocycles. The Morgan fingerprint density at radius 3 is 1.13 bits per heavy atom. The zero-order valence-electron chi connectivity index (χ0n) is 21.4. The summed E-state index contributed by atoms with van der Waals surface area (Å²) >= 11 is 0. The Morgan fingerprint density at radius 2 is 0.774 bits per heavy atom. The Balaban J connectivity index is 3.26. The molecule has 0 radical (unpaired) electrons. The van der Waals surface area contributed by atoms with Crippen molar-refractivity contribution in [3.05, 3.63) is 0 Å². The largest absolute Gasteiger partial charge is 0.328 e. The standard InChI is InChI=1S/C27H57O3P/c1-3-5-7-9-11-12-13-14-15-16-17-18-19-21-23-25-27-31(28,29)30-26-24-22-20-10-8-6-4-2/h3-27H2,1-2H3,(H,28,29). The molecule has 188 valence electrons. The van der Waals surface area contributed by atoms with Gasteiger partial charge < -0.3 is 9.42 Å². The van der Waals surface area contributed by atoms with Crippen LogP contribution < -0.4 is 0 Å². The second-order valence-corrected chi connectivity index (χ2v) is 11.6. The van der Waals surface area contributed by atoms with Gasteiger partial charge in [0, 0.05) is 6.16 Å². The van der Waals surface area contributed by atoms with Crippen LogP contribution >= 0.6 is 7.60 Å². The molecule has 0 heterocycles. The molecule has 1 unspecified atom stereocenters. The van der Waals surface area contributed by atoms with Crippen LogP contribution in [-0.4, -0.2) is 17.7 Å². The lowest BCUT2D eigenvalue weighted by atomic mass is 10.0. The molecule has 0 amide bonds. The van der Waals surface area contributed by atoms with Gasteiger partial charge in [-0.2, -0.15) is 0 Å². The SMILES string of the molecule is CCCCCCCCCCCCCCCCCCP(=O)(O)OCCCCCCCCC. The summed E-state index contributed by atoms with van der Waals surface area (Å²) < 4.78 is 17.4. The van der Waals surface area contributed by atoms with Crippen molar-refractivity contribution in [2.75, 3.05) is 12.8 Å². The molecule has 0 aliphatic carbocycles. The molecule has 1 N–H and O–H groups in total. The summed E-state index contributed by atoms with van der Waals surface area (Å²) in [7, 11) is -3.35. The van der Waals surface area contributed by atoms with Crippen molar-refractivity contribution < 1.29 is 14.0 Å². The molecule has 0 aliphatic heterocycles. The molecule has 0 saturated carbocycles. The van der Waals surface area contributed by atoms with E-state index in [1.807, 2.05) is 0 Å². The molecule has 0 fully saturated rings. The summed E-state index contributed by atoms with van der Waals surface area (Å²) in [6.07, 6.45) is 29.9. The molecule has 1 atom stereocenters. The number of rotatable bonds is 26. The molecule has 0 aliphatic rings. The van der Waals surface area contributed by atoms with Crippen LogP contribution in [0.5, 0.6) is 0 Å². The van der Waals surface area contributed by atoms with Crippen molar-refractivity contribution in [2.45, 2.75) is 162 Å². The molecule has 0 spiro atoms. The second kappa shape index (κ2) is 24.8. The van der Waals surface area contributed by atoms with Crippen LogP contribution in [0.15, 0.2) is 0 Å². The topological polar surface area (TPSA) is 46.5 Å². The lowest BCUT2D eigenvalue weighted by Gasteiger charge is -2.12. The number of unbranched alkanes of at least 4 members (excludes halogenated alkanes) is 21. The van der Waals surface area contributed by atoms with Gasteiger partial charge in [0.25, 0.3) is 0 Å². The first-order chi connectivity index (χ1) is 15.1. The van der Waals surface area contributed by atoms with Gasteiger partial charge >= 0.3 is 7.60 Å². The lowest BCUT2D eigenvalue weighted by Crippen LogP contribution is -1.97. The predicted molar refractivity (Wildman–Crippen MR) is 138 cm³/mol. The normalized spacial score (nSPS) is 13.5. The first-order valence-corrected chi connectivity index (χ1v) is 15.8. The summed E-state index contributed by atoms with van der Waals surface area (Å²) in [5.41, 5.74) is 0. The van der Waals surface area contributed by atoms with Gasteiger partial charge in [-0.25, -0.2) is 0 Å². The first kappa shape index (κ1) is 31.1. The van der Waals surface area contributed by atoms with Gasteiger partial charge in [-0.1, -0.05) is 149 Å². The molecular weight excluding hydrogens is 403 g/mol. The van der Waals surface area contributed by atoms with E-state index in [-0.39, 0.29) is 0 Å². The third kappa shape index (κ3) is 26.3. The smallest absolute Gasteiger partial charge is 0.324 e. The fourth-order valence-corrected chi connectivity index (χ4v) is 5.36. The highest BCUT2D eigenvalue weighted by atomic mass is 31.2. The minimum absolute atomic E-state index is 0.335. The van der Waals surface area contributed by atoms with Gasteiger partial charge in [0.2, 0.25) is 0 Å². The van der Waals surface area contributed by atoms with Crippen LogP contribution in [0.25, 0.3) is 0 Å². The number of hydrogen-bond acceptors (Lipinski definition) is 2. The summed E-state index contributed by atoms with van der Waals surface area (Å²) in [6.45, 7) is 4.95. The van der Waals surface area contributed by atoms with E-state index < -0.39 is 7.60 Å². The van der Waals surface area contributed by atoms with Gasteiger partial charge in [-0.15, -0.1) is 0 Å². The van der Waals surface area contributed by atoms with Crippen LogP contribution in [0.4, 0.5) is 0 Å². The van der Waals surface area contributed by atoms with Crippen molar-refractivity contribution in [3.8, 4) is 0 Å². The third-order valence-corrected chi connectivity index (χ3v) is 7.80. The third-order valence-electron chi connectivity index (χ3n) is 6.34. The number of hydrogen-bond donors (Lipinski definition) is 1. The Kier molecular flexibility index (Phi) is 24.9. The highest BCUT2D eigenvalue weighted by Gasteiger charge is 2.17. The van der Waals surface area contributed by atoms with Gasteiger partial charge in [0.1, 0.15) is 0 Å². The maximum atomic E-state index is 12.1. The average Bonchev–Trinajstić information content (AvgIpc) is 2.75. The van der Waals surface area contributed by atoms with Crippen molar-refractivity contribution in [1.82, 2.24) is 0 Å². The minimum Gasteiger partial charge on any atom is -0.324 e.